The molecule has 0 aliphatic heterocycles. The first-order chi connectivity index (χ1) is 13.6. The molecule has 0 bridgehead atoms. The van der Waals surface area contributed by atoms with Crippen LogP contribution in [0, 0.1) is 6.92 Å². The number of hydrazine groups is 1. The molecule has 29 heavy (non-hydrogen) atoms. The number of amides is 1. The third-order valence-electron chi connectivity index (χ3n) is 5.11. The first-order valence-electron chi connectivity index (χ1n) is 10.7. The number of nitrogens with zero attached hydrogens (tertiary/aromatic N) is 1. The summed E-state index contributed by atoms with van der Waals surface area (Å²) >= 11 is 0. The lowest BCUT2D eigenvalue weighted by molar-refractivity contribution is -0.141. The maximum absolute atomic E-state index is 13.0. The molecule has 0 aliphatic carbocycles. The molecule has 1 aromatic carbocycles. The smallest absolute Gasteiger partial charge is 0.271 e. The van der Waals surface area contributed by atoms with Crippen molar-refractivity contribution in [3.05, 3.63) is 29.8 Å². The Balaban J connectivity index is 2.99. The fraction of sp³-hybridized carbons (Fsp3) is 0.682. The van der Waals surface area contributed by atoms with Crippen molar-refractivity contribution in [3.63, 3.8) is 0 Å². The highest BCUT2D eigenvalue weighted by Crippen LogP contribution is 2.25. The van der Waals surface area contributed by atoms with Gasteiger partial charge in [-0.3, -0.25) is 10.2 Å². The molecule has 1 rings (SSSR count). The van der Waals surface area contributed by atoms with Gasteiger partial charge in [0.05, 0.1) is 11.9 Å². The molecule has 0 aliphatic rings. The standard InChI is InChI=1S/C22H38N2O4S/c1-5-7-9-11-17-22(26,18-12-10-8-6-2)21(25)23-24(29(4,27)28)20-15-13-19(3)14-16-20/h13-16,26H,5-12,17-18H2,1-4H3,(H,23,25). The van der Waals surface area contributed by atoms with Crippen molar-refractivity contribution in [2.24, 2.45) is 0 Å². The molecule has 166 valence electrons. The Kier molecular flexibility index (Phi) is 10.7. The Morgan fingerprint density at radius 3 is 1.86 bits per heavy atom. The Bertz CT molecular complexity index is 705. The fourth-order valence-electron chi connectivity index (χ4n) is 3.26. The predicted molar refractivity (Wildman–Crippen MR) is 119 cm³/mol. The molecule has 0 atom stereocenters. The van der Waals surface area contributed by atoms with Crippen LogP contribution in [0.3, 0.4) is 0 Å². The van der Waals surface area contributed by atoms with Crippen molar-refractivity contribution in [2.45, 2.75) is 90.6 Å². The summed E-state index contributed by atoms with van der Waals surface area (Å²) in [5.74, 6) is -0.656. The second kappa shape index (κ2) is 12.2. The zero-order valence-electron chi connectivity index (χ0n) is 18.4. The first kappa shape index (κ1) is 25.4. The van der Waals surface area contributed by atoms with Gasteiger partial charge in [0.1, 0.15) is 5.60 Å². The van der Waals surface area contributed by atoms with Gasteiger partial charge in [-0.05, 0) is 31.9 Å². The number of aryl methyl sites for hydroxylation is 1. The molecule has 0 aromatic heterocycles. The van der Waals surface area contributed by atoms with Gasteiger partial charge in [0, 0.05) is 0 Å². The van der Waals surface area contributed by atoms with Crippen molar-refractivity contribution in [3.8, 4) is 0 Å². The molecule has 0 saturated heterocycles. The summed E-state index contributed by atoms with van der Waals surface area (Å²) in [4.78, 5) is 13.0. The maximum atomic E-state index is 13.0. The summed E-state index contributed by atoms with van der Waals surface area (Å²) in [5.41, 5.74) is 2.22. The second-order valence-electron chi connectivity index (χ2n) is 7.96. The van der Waals surface area contributed by atoms with Gasteiger partial charge < -0.3 is 5.11 Å². The largest absolute Gasteiger partial charge is 0.380 e. The third-order valence-corrected chi connectivity index (χ3v) is 6.08. The average Bonchev–Trinajstić information content (AvgIpc) is 2.66. The van der Waals surface area contributed by atoms with E-state index in [1.54, 1.807) is 24.3 Å². The highest BCUT2D eigenvalue weighted by Gasteiger charge is 2.37. The first-order valence-corrected chi connectivity index (χ1v) is 12.6. The monoisotopic (exact) mass is 426 g/mol. The molecule has 7 heteroatoms. The molecular weight excluding hydrogens is 388 g/mol. The summed E-state index contributed by atoms with van der Waals surface area (Å²) in [6.07, 6.45) is 9.26. The Hall–Kier alpha value is -1.60. The number of hydrogen-bond acceptors (Lipinski definition) is 4. The minimum atomic E-state index is -3.75. The van der Waals surface area contributed by atoms with E-state index in [0.29, 0.717) is 18.5 Å². The van der Waals surface area contributed by atoms with Crippen molar-refractivity contribution in [1.29, 1.82) is 0 Å². The van der Waals surface area contributed by atoms with E-state index in [-0.39, 0.29) is 0 Å². The third kappa shape index (κ3) is 8.74. The lowest BCUT2D eigenvalue weighted by Crippen LogP contribution is -2.55. The molecule has 1 aromatic rings. The van der Waals surface area contributed by atoms with Gasteiger partial charge in [-0.2, -0.15) is 4.41 Å². The average molecular weight is 427 g/mol. The number of rotatable bonds is 14. The van der Waals surface area contributed by atoms with Crippen LogP contribution >= 0.6 is 0 Å². The normalized spacial score (nSPS) is 12.0. The van der Waals surface area contributed by atoms with Crippen LogP contribution < -0.4 is 9.84 Å². The molecule has 0 saturated carbocycles. The molecule has 2 N–H and O–H groups in total. The van der Waals surface area contributed by atoms with Crippen molar-refractivity contribution >= 4 is 21.6 Å². The molecule has 0 unspecified atom stereocenters. The Labute approximate surface area is 176 Å². The van der Waals surface area contributed by atoms with Crippen LogP contribution in [0.5, 0.6) is 0 Å². The molecule has 1 amide bonds. The van der Waals surface area contributed by atoms with E-state index in [1.165, 1.54) is 0 Å². The van der Waals surface area contributed by atoms with E-state index in [2.05, 4.69) is 19.3 Å². The number of benzene rings is 1. The summed E-state index contributed by atoms with van der Waals surface area (Å²) in [7, 11) is -3.75. The van der Waals surface area contributed by atoms with Crippen LogP contribution in [-0.2, 0) is 14.8 Å². The number of carbonyl (C=O) groups excluding carboxylic acids is 1. The molecule has 0 heterocycles. The SMILES string of the molecule is CCCCCCC(O)(CCCCCC)C(=O)NN(c1ccc(C)cc1)S(C)(=O)=O. The van der Waals surface area contributed by atoms with Crippen LogP contribution in [0.25, 0.3) is 0 Å². The van der Waals surface area contributed by atoms with E-state index in [4.69, 9.17) is 0 Å². The predicted octanol–water partition coefficient (Wildman–Crippen LogP) is 4.46. The van der Waals surface area contributed by atoms with Crippen LogP contribution in [0.1, 0.15) is 83.6 Å². The summed E-state index contributed by atoms with van der Waals surface area (Å²) < 4.78 is 25.5. The number of hydrogen-bond donors (Lipinski definition) is 2. The van der Waals surface area contributed by atoms with Crippen LogP contribution in [-0.4, -0.2) is 31.3 Å². The number of sulfonamides is 1. The lowest BCUT2D eigenvalue weighted by atomic mass is 9.89. The summed E-state index contributed by atoms with van der Waals surface area (Å²) in [6, 6.07) is 6.83. The van der Waals surface area contributed by atoms with Crippen LogP contribution in [0.2, 0.25) is 0 Å². The van der Waals surface area contributed by atoms with Crippen molar-refractivity contribution in [2.75, 3.05) is 10.7 Å². The fourth-order valence-corrected chi connectivity index (χ4v) is 4.01. The van der Waals surface area contributed by atoms with E-state index >= 15 is 0 Å². The summed E-state index contributed by atoms with van der Waals surface area (Å²) in [5, 5.41) is 11.2. The highest BCUT2D eigenvalue weighted by atomic mass is 32.2. The molecule has 6 nitrogen and oxygen atoms in total. The van der Waals surface area contributed by atoms with Crippen LogP contribution in [0.15, 0.2) is 24.3 Å². The van der Waals surface area contributed by atoms with Gasteiger partial charge in [-0.25, -0.2) is 8.42 Å². The summed E-state index contributed by atoms with van der Waals surface area (Å²) in [6.45, 7) is 6.11. The molecule has 0 fully saturated rings. The molecular formula is C22H38N2O4S. The van der Waals surface area contributed by atoms with E-state index in [1.807, 2.05) is 6.92 Å². The Morgan fingerprint density at radius 1 is 0.966 bits per heavy atom. The van der Waals surface area contributed by atoms with Crippen molar-refractivity contribution < 1.29 is 18.3 Å². The lowest BCUT2D eigenvalue weighted by Gasteiger charge is -2.31. The number of anilines is 1. The number of carbonyl (C=O) groups is 1. The minimum Gasteiger partial charge on any atom is -0.380 e. The second-order valence-corrected chi connectivity index (χ2v) is 9.79. The topological polar surface area (TPSA) is 86.7 Å². The quantitative estimate of drug-likeness (QED) is 0.339. The highest BCUT2D eigenvalue weighted by molar-refractivity contribution is 7.92. The van der Waals surface area contributed by atoms with Gasteiger partial charge in [0.2, 0.25) is 10.0 Å². The van der Waals surface area contributed by atoms with E-state index in [9.17, 15) is 18.3 Å². The number of nitrogens with one attached hydrogen (secondary N) is 1. The van der Waals surface area contributed by atoms with E-state index in [0.717, 1.165) is 67.6 Å². The maximum Gasteiger partial charge on any atom is 0.271 e. The van der Waals surface area contributed by atoms with Gasteiger partial charge >= 0.3 is 0 Å². The van der Waals surface area contributed by atoms with Gasteiger partial charge in [0.15, 0.2) is 0 Å². The van der Waals surface area contributed by atoms with E-state index < -0.39 is 21.5 Å². The van der Waals surface area contributed by atoms with Gasteiger partial charge in [-0.1, -0.05) is 82.9 Å². The Morgan fingerprint density at radius 2 is 1.45 bits per heavy atom. The van der Waals surface area contributed by atoms with Crippen LogP contribution in [0.4, 0.5) is 5.69 Å². The molecule has 0 radical (unpaired) electrons. The van der Waals surface area contributed by atoms with Gasteiger partial charge in [-0.15, -0.1) is 0 Å². The molecule has 0 spiro atoms. The number of aliphatic hydroxyl groups is 1. The zero-order chi connectivity index (χ0) is 21.9. The van der Waals surface area contributed by atoms with Crippen molar-refractivity contribution in [1.82, 2.24) is 5.43 Å². The van der Waals surface area contributed by atoms with Gasteiger partial charge in [0.25, 0.3) is 5.91 Å². The minimum absolute atomic E-state index is 0.330. The number of unbranched alkanes of at least 4 members (excludes halogenated alkanes) is 6. The zero-order valence-corrected chi connectivity index (χ0v) is 19.2.